The lowest BCUT2D eigenvalue weighted by atomic mass is 10.1. The van der Waals surface area contributed by atoms with Crippen LogP contribution in [0, 0.1) is 0 Å². The number of hydrogen-bond donors (Lipinski definition) is 1. The van der Waals surface area contributed by atoms with E-state index >= 15 is 0 Å². The second-order valence-corrected chi connectivity index (χ2v) is 9.01. The number of carbonyl (C=O) groups excluding carboxylic acids is 1. The van der Waals surface area contributed by atoms with Crippen LogP contribution in [0.25, 0.3) is 11.2 Å². The average molecular weight is 483 g/mol. The van der Waals surface area contributed by atoms with E-state index in [0.29, 0.717) is 36.4 Å². The number of aromatic amines is 1. The average Bonchev–Trinajstić information content (AvgIpc) is 3.23. The fourth-order valence-electron chi connectivity index (χ4n) is 4.78. The summed E-state index contributed by atoms with van der Waals surface area (Å²) < 4.78 is 8.31. The molecule has 1 fully saturated rings. The maximum atomic E-state index is 12.7. The van der Waals surface area contributed by atoms with Crippen LogP contribution in [-0.4, -0.2) is 62.8 Å². The molecule has 1 aromatic carbocycles. The third-order valence-electron chi connectivity index (χ3n) is 6.78. The van der Waals surface area contributed by atoms with Crippen molar-refractivity contribution in [3.8, 4) is 0 Å². The number of unbranched alkanes of at least 4 members (excludes halogenated alkanes) is 1. The molecular weight excluding hydrogens is 448 g/mol. The summed E-state index contributed by atoms with van der Waals surface area (Å²) in [6.45, 7) is 10.4. The molecule has 10 heteroatoms. The summed E-state index contributed by atoms with van der Waals surface area (Å²) in [5, 5.41) is 0. The third-order valence-corrected chi connectivity index (χ3v) is 6.78. The van der Waals surface area contributed by atoms with E-state index in [1.807, 2.05) is 23.6 Å². The van der Waals surface area contributed by atoms with Crippen LogP contribution in [-0.2, 0) is 24.4 Å². The Labute approximate surface area is 204 Å². The number of hydrogen-bond acceptors (Lipinski definition) is 7. The summed E-state index contributed by atoms with van der Waals surface area (Å²) >= 11 is 0. The minimum Gasteiger partial charge on any atom is -0.465 e. The van der Waals surface area contributed by atoms with Gasteiger partial charge in [0.15, 0.2) is 11.2 Å². The van der Waals surface area contributed by atoms with Crippen molar-refractivity contribution in [2.24, 2.45) is 0 Å². The lowest BCUT2D eigenvalue weighted by molar-refractivity contribution is 0.0600. The lowest BCUT2D eigenvalue weighted by Gasteiger charge is -2.40. The highest BCUT2D eigenvalue weighted by Gasteiger charge is 2.27. The predicted octanol–water partition coefficient (Wildman–Crippen LogP) is 2.20. The van der Waals surface area contributed by atoms with E-state index in [0.717, 1.165) is 44.0 Å². The summed E-state index contributed by atoms with van der Waals surface area (Å²) in [7, 11) is 1.38. The number of carbonyl (C=O) groups is 1. The first-order valence-corrected chi connectivity index (χ1v) is 12.3. The minimum atomic E-state index is -0.400. The van der Waals surface area contributed by atoms with Crippen molar-refractivity contribution in [2.45, 2.75) is 59.3 Å². The number of anilines is 1. The number of esters is 1. The number of rotatable bonds is 8. The van der Waals surface area contributed by atoms with E-state index in [2.05, 4.69) is 28.6 Å². The molecule has 0 aliphatic carbocycles. The van der Waals surface area contributed by atoms with Gasteiger partial charge in [-0.15, -0.1) is 0 Å². The number of piperazine rings is 1. The van der Waals surface area contributed by atoms with Crippen molar-refractivity contribution < 1.29 is 9.53 Å². The number of nitrogens with zero attached hydrogens (tertiary/aromatic N) is 5. The van der Waals surface area contributed by atoms with E-state index in [1.54, 1.807) is 16.7 Å². The SMILES string of the molecule is CCCCn1c(=O)[nH]c(=O)c2c1nc(CN1CCN(c3ccc(C(=O)OC)cc3)CC1C)n2CC. The van der Waals surface area contributed by atoms with Crippen molar-refractivity contribution in [3.63, 3.8) is 0 Å². The molecular formula is C25H34N6O4. The number of aryl methyl sites for hydroxylation is 2. The summed E-state index contributed by atoms with van der Waals surface area (Å²) in [6, 6.07) is 7.73. The first-order chi connectivity index (χ1) is 16.9. The van der Waals surface area contributed by atoms with Crippen LogP contribution in [0.3, 0.4) is 0 Å². The van der Waals surface area contributed by atoms with Gasteiger partial charge in [0, 0.05) is 44.5 Å². The topological polar surface area (TPSA) is 105 Å². The standard InChI is InChI=1S/C25H34N6O4/c1-5-7-12-31-22-21(23(32)27-25(31)34)30(6-2)20(26-22)16-28-13-14-29(15-17(28)3)19-10-8-18(9-11-19)24(33)35-4/h8-11,17H,5-7,12-16H2,1-4H3,(H,27,32,34). The molecule has 0 spiro atoms. The van der Waals surface area contributed by atoms with Crippen LogP contribution in [0.5, 0.6) is 0 Å². The number of methoxy groups -OCH3 is 1. The van der Waals surface area contributed by atoms with Crippen molar-refractivity contribution in [2.75, 3.05) is 31.6 Å². The van der Waals surface area contributed by atoms with Gasteiger partial charge in [0.05, 0.1) is 19.2 Å². The Morgan fingerprint density at radius 2 is 1.89 bits per heavy atom. The largest absolute Gasteiger partial charge is 0.465 e. The fraction of sp³-hybridized carbons (Fsp3) is 0.520. The van der Waals surface area contributed by atoms with Crippen molar-refractivity contribution in [3.05, 3.63) is 56.5 Å². The smallest absolute Gasteiger partial charge is 0.337 e. The Morgan fingerprint density at radius 1 is 1.14 bits per heavy atom. The normalized spacial score (nSPS) is 16.7. The van der Waals surface area contributed by atoms with Crippen molar-refractivity contribution in [1.29, 1.82) is 0 Å². The summed E-state index contributed by atoms with van der Waals surface area (Å²) in [5.74, 6) is 0.457. The predicted molar refractivity (Wildman–Crippen MR) is 135 cm³/mol. The number of aromatic nitrogens is 4. The van der Waals surface area contributed by atoms with Gasteiger partial charge in [-0.05, 0) is 44.5 Å². The van der Waals surface area contributed by atoms with Crippen LogP contribution in [0.15, 0.2) is 33.9 Å². The summed E-state index contributed by atoms with van der Waals surface area (Å²) in [4.78, 5) is 48.8. The quantitative estimate of drug-likeness (QED) is 0.491. The molecule has 2 aromatic heterocycles. The summed E-state index contributed by atoms with van der Waals surface area (Å²) in [6.07, 6.45) is 1.79. The van der Waals surface area contributed by atoms with E-state index in [4.69, 9.17) is 9.72 Å². The van der Waals surface area contributed by atoms with Crippen LogP contribution in [0.1, 0.15) is 49.8 Å². The molecule has 0 bridgehead atoms. The number of nitrogens with one attached hydrogen (secondary N) is 1. The molecule has 0 amide bonds. The van der Waals surface area contributed by atoms with Gasteiger partial charge in [-0.3, -0.25) is 19.2 Å². The van der Waals surface area contributed by atoms with Crippen LogP contribution < -0.4 is 16.1 Å². The van der Waals surface area contributed by atoms with E-state index in [9.17, 15) is 14.4 Å². The Hall–Kier alpha value is -3.40. The second-order valence-electron chi connectivity index (χ2n) is 9.01. The Kier molecular flexibility index (Phi) is 7.39. The molecule has 1 aliphatic heterocycles. The van der Waals surface area contributed by atoms with Gasteiger partial charge in [-0.1, -0.05) is 13.3 Å². The summed E-state index contributed by atoms with van der Waals surface area (Å²) in [5.41, 5.74) is 1.76. The fourth-order valence-corrected chi connectivity index (χ4v) is 4.78. The van der Waals surface area contributed by atoms with Crippen molar-refractivity contribution >= 4 is 22.8 Å². The van der Waals surface area contributed by atoms with Crippen LogP contribution >= 0.6 is 0 Å². The molecule has 188 valence electrons. The van der Waals surface area contributed by atoms with Gasteiger partial charge < -0.3 is 14.2 Å². The van der Waals surface area contributed by atoms with Gasteiger partial charge in [0.25, 0.3) is 5.56 Å². The maximum Gasteiger partial charge on any atom is 0.337 e. The molecule has 10 nitrogen and oxygen atoms in total. The molecule has 3 heterocycles. The maximum absolute atomic E-state index is 12.7. The Balaban J connectivity index is 1.55. The first-order valence-electron chi connectivity index (χ1n) is 12.3. The molecule has 1 saturated heterocycles. The molecule has 1 unspecified atom stereocenters. The van der Waals surface area contributed by atoms with Crippen molar-refractivity contribution in [1.82, 2.24) is 24.0 Å². The monoisotopic (exact) mass is 482 g/mol. The minimum absolute atomic E-state index is 0.245. The molecule has 1 N–H and O–H groups in total. The molecule has 3 aromatic rings. The number of fused-ring (bicyclic) bond motifs is 1. The van der Waals surface area contributed by atoms with Gasteiger partial charge in [-0.25, -0.2) is 14.6 Å². The van der Waals surface area contributed by atoms with E-state index in [-0.39, 0.29) is 17.6 Å². The number of imidazole rings is 1. The highest BCUT2D eigenvalue weighted by Crippen LogP contribution is 2.22. The zero-order chi connectivity index (χ0) is 25.1. The lowest BCUT2D eigenvalue weighted by Crippen LogP contribution is -2.51. The second kappa shape index (κ2) is 10.5. The van der Waals surface area contributed by atoms with E-state index in [1.165, 1.54) is 7.11 Å². The Bertz CT molecular complexity index is 1310. The third kappa shape index (κ3) is 4.88. The highest BCUT2D eigenvalue weighted by molar-refractivity contribution is 5.89. The van der Waals surface area contributed by atoms with Gasteiger partial charge >= 0.3 is 11.7 Å². The number of ether oxygens (including phenoxy) is 1. The van der Waals surface area contributed by atoms with Gasteiger partial charge in [0.1, 0.15) is 5.82 Å². The number of benzene rings is 1. The zero-order valence-electron chi connectivity index (χ0n) is 20.9. The van der Waals surface area contributed by atoms with E-state index < -0.39 is 5.69 Å². The molecule has 4 rings (SSSR count). The molecule has 1 aliphatic rings. The Morgan fingerprint density at radius 3 is 2.51 bits per heavy atom. The zero-order valence-corrected chi connectivity index (χ0v) is 20.9. The van der Waals surface area contributed by atoms with Gasteiger partial charge in [0.2, 0.25) is 0 Å². The first kappa shape index (κ1) is 24.7. The van der Waals surface area contributed by atoms with Crippen LogP contribution in [0.2, 0.25) is 0 Å². The van der Waals surface area contributed by atoms with Crippen LogP contribution in [0.4, 0.5) is 5.69 Å². The highest BCUT2D eigenvalue weighted by atomic mass is 16.5. The number of H-pyrrole nitrogens is 1. The molecule has 1 atom stereocenters. The molecule has 0 saturated carbocycles. The molecule has 0 radical (unpaired) electrons. The van der Waals surface area contributed by atoms with Gasteiger partial charge in [-0.2, -0.15) is 0 Å². The molecule has 35 heavy (non-hydrogen) atoms.